The maximum Gasteiger partial charge on any atom is 0.340 e. The Hall–Kier alpha value is -19.1. The molecule has 0 saturated heterocycles. The van der Waals surface area contributed by atoms with E-state index in [0.717, 1.165) is 94.5 Å². The molecule has 141 heavy (non-hydrogen) atoms. The summed E-state index contributed by atoms with van der Waals surface area (Å²) in [6.45, 7) is 2.12. The maximum atomic E-state index is 15.1. The molecular weight excluding hydrogens is 1820 g/mol. The second-order valence-electron chi connectivity index (χ2n) is 32.2. The van der Waals surface area contributed by atoms with Crippen molar-refractivity contribution in [2.24, 2.45) is 0 Å². The van der Waals surface area contributed by atoms with E-state index in [1.54, 1.807) is 48.5 Å². The Bertz CT molecular complexity index is 7460. The predicted octanol–water partition coefficient (Wildman–Crippen LogP) is 20.2. The molecule has 0 radical (unpaired) electrons. The van der Waals surface area contributed by atoms with Gasteiger partial charge in [-0.3, -0.25) is 40.5 Å². The Morgan fingerprint density at radius 2 is 0.553 bits per heavy atom. The predicted molar refractivity (Wildman–Crippen MR) is 522 cm³/mol. The summed E-state index contributed by atoms with van der Waals surface area (Å²) in [4.78, 5) is 200. The largest absolute Gasteiger partial charge is 0.465 e. The number of esters is 8. The van der Waals surface area contributed by atoms with Gasteiger partial charge in [-0.2, -0.15) is 0 Å². The number of nitrogens with zero attached hydrogens (tertiary/aromatic N) is 9. The van der Waals surface area contributed by atoms with Gasteiger partial charge in [0, 0.05) is 121 Å². The van der Waals surface area contributed by atoms with Crippen molar-refractivity contribution in [2.45, 2.75) is 39.0 Å². The first-order valence-corrected chi connectivity index (χ1v) is 43.4. The average Bonchev–Trinajstić information content (AvgIpc) is 1.59. The molecule has 0 unspecified atom stereocenters. The number of aromatic amines is 4. The normalized spacial score (nSPS) is 11.9. The third-order valence-corrected chi connectivity index (χ3v) is 24.2. The minimum Gasteiger partial charge on any atom is -0.465 e. The van der Waals surface area contributed by atoms with Crippen molar-refractivity contribution in [3.63, 3.8) is 0 Å². The van der Waals surface area contributed by atoms with Crippen LogP contribution in [0.3, 0.4) is 0 Å². The van der Waals surface area contributed by atoms with E-state index in [9.17, 15) is 59.6 Å². The number of rotatable bonds is 26. The van der Waals surface area contributed by atoms with E-state index in [1.807, 2.05) is 29.2 Å². The molecule has 37 heteroatoms. The molecule has 4 aliphatic heterocycles. The zero-order valence-electron chi connectivity index (χ0n) is 76.3. The molecule has 4 N–H and O–H groups in total. The lowest BCUT2D eigenvalue weighted by molar-refractivity contribution is -0.385. The van der Waals surface area contributed by atoms with Crippen molar-refractivity contribution in [1.82, 2.24) is 39.9 Å². The van der Waals surface area contributed by atoms with Crippen LogP contribution >= 0.6 is 0 Å². The Balaban J connectivity index is 0.968. The molecule has 0 saturated carbocycles. The number of hydrogen-bond donors (Lipinski definition) is 4. The second-order valence-corrected chi connectivity index (χ2v) is 32.2. The molecule has 0 atom stereocenters. The van der Waals surface area contributed by atoms with Gasteiger partial charge < -0.3 is 62.7 Å². The number of non-ortho nitro benzene ring substituents is 4. The molecule has 0 fully saturated rings. The van der Waals surface area contributed by atoms with Crippen LogP contribution in [0.1, 0.15) is 125 Å². The van der Waals surface area contributed by atoms with Crippen molar-refractivity contribution in [3.05, 3.63) is 320 Å². The number of nitro groups is 4. The first kappa shape index (κ1) is 93.7. The monoisotopic (exact) mass is 1890 g/mol. The van der Waals surface area contributed by atoms with E-state index in [-0.39, 0.29) is 224 Å². The smallest absolute Gasteiger partial charge is 0.340 e. The first-order valence-electron chi connectivity index (χ1n) is 43.4. The van der Waals surface area contributed by atoms with Gasteiger partial charge in [0.2, 0.25) is 0 Å². The molecule has 0 amide bonds. The van der Waals surface area contributed by atoms with Gasteiger partial charge in [0.25, 0.3) is 22.7 Å². The van der Waals surface area contributed by atoms with Crippen molar-refractivity contribution in [1.29, 1.82) is 0 Å². The van der Waals surface area contributed by atoms with Crippen molar-refractivity contribution in [3.8, 4) is 66.8 Å². The Morgan fingerprint density at radius 3 is 0.858 bits per heavy atom. The van der Waals surface area contributed by atoms with E-state index in [0.29, 0.717) is 17.1 Å². The highest BCUT2D eigenvalue weighted by Gasteiger charge is 2.35. The summed E-state index contributed by atoms with van der Waals surface area (Å²) >= 11 is 0. The molecule has 16 bridgehead atoms. The van der Waals surface area contributed by atoms with Crippen LogP contribution in [0.4, 0.5) is 39.8 Å². The zero-order valence-corrected chi connectivity index (χ0v) is 76.3. The number of aryl methyl sites for hydroxylation is 1. The molecule has 17 rings (SSSR count). The number of H-pyrrole nitrogens is 4. The third kappa shape index (κ3) is 17.9. The van der Waals surface area contributed by atoms with Crippen molar-refractivity contribution >= 4 is 178 Å². The average molecular weight is 1890 g/mol. The number of unbranched alkanes of at least 4 members (excludes halogenated alkanes) is 3. The number of nitro benzene ring substituents is 4. The van der Waals surface area contributed by atoms with Crippen LogP contribution in [0.25, 0.3) is 157 Å². The Morgan fingerprint density at radius 1 is 0.291 bits per heavy atom. The lowest BCUT2D eigenvalue weighted by atomic mass is 9.97. The molecule has 4 aliphatic rings. The minimum atomic E-state index is -0.967. The highest BCUT2D eigenvalue weighted by molar-refractivity contribution is 6.28. The van der Waals surface area contributed by atoms with Gasteiger partial charge in [0.1, 0.15) is 0 Å². The van der Waals surface area contributed by atoms with Gasteiger partial charge in [0.15, 0.2) is 0 Å². The summed E-state index contributed by atoms with van der Waals surface area (Å²) in [5.41, 5.74) is 1.28. The summed E-state index contributed by atoms with van der Waals surface area (Å²) < 4.78 is 43.8. The second kappa shape index (κ2) is 39.1. The van der Waals surface area contributed by atoms with Gasteiger partial charge in [-0.1, -0.05) is 62.6 Å². The molecular formula is C104H79N13O24. The molecule has 6 aromatic heterocycles. The number of methoxy groups -OCH3 is 8. The van der Waals surface area contributed by atoms with Gasteiger partial charge in [-0.25, -0.2) is 58.3 Å². The molecule has 13 aromatic rings. The fraction of sp³-hybridized carbons (Fsp3) is 0.135. The van der Waals surface area contributed by atoms with Crippen molar-refractivity contribution < 1.29 is 95.9 Å². The number of benzene rings is 7. The number of ether oxygens (including phenoxy) is 8. The summed E-state index contributed by atoms with van der Waals surface area (Å²) in [5, 5.41) is 49.5. The van der Waals surface area contributed by atoms with Gasteiger partial charge in [-0.15, -0.1) is 0 Å². The summed E-state index contributed by atoms with van der Waals surface area (Å²) in [7, 11) is 9.12. The zero-order chi connectivity index (χ0) is 99.6. The number of anilines is 3. The van der Waals surface area contributed by atoms with Crippen LogP contribution < -0.4 is 4.90 Å². The highest BCUT2D eigenvalue weighted by Crippen LogP contribution is 2.48. The van der Waals surface area contributed by atoms with Crippen LogP contribution in [-0.4, -0.2) is 164 Å². The maximum absolute atomic E-state index is 15.1. The number of fused-ring (bicyclic) bond motifs is 16. The fourth-order valence-corrected chi connectivity index (χ4v) is 17.4. The van der Waals surface area contributed by atoms with Crippen LogP contribution in [0.5, 0.6) is 0 Å². The van der Waals surface area contributed by atoms with Crippen LogP contribution in [0.2, 0.25) is 0 Å². The van der Waals surface area contributed by atoms with Crippen molar-refractivity contribution in [2.75, 3.05) is 61.8 Å². The lowest BCUT2D eigenvalue weighted by Crippen LogP contribution is -2.10. The number of carbonyl (C=O) groups is 8. The number of aromatic nitrogens is 8. The molecule has 704 valence electrons. The van der Waals surface area contributed by atoms with Gasteiger partial charge >= 0.3 is 47.8 Å². The van der Waals surface area contributed by atoms with Gasteiger partial charge in [-0.05, 0) is 197 Å². The van der Waals surface area contributed by atoms with Crippen LogP contribution in [0.15, 0.2) is 206 Å². The summed E-state index contributed by atoms with van der Waals surface area (Å²) in [6, 6.07) is 51.3. The Labute approximate surface area is 797 Å². The molecule has 7 aromatic carbocycles. The Kier molecular flexibility index (Phi) is 26.0. The van der Waals surface area contributed by atoms with E-state index in [2.05, 4.69) is 26.9 Å². The standard InChI is InChI=1S/C104H79N13O24/c1-10-11-12-13-14-53-15-29-60(30-16-53)113(61-31-17-58(18-32-61)91-93-71(101(122)138-6)47-83(109-93)87(54-21-35-63(36-22-54)114(126)127)79-43-67(97(118)134-2)75(105-79)51-76-68(98(119)135-3)44-80(106-76)88(55-23-37-64(38-24-55)115(128)129)84-48-72(94(91)110-84)102(123)139-7)62-33-19-59(20-34-62)92-95-73(103(124)140-8)49-85(111-95)89(56-25-39-65(40-26-56)116(130)131)81-45-69(99(120)136-4)77(107-81)52-78-70(100(121)137-5)46-82(108-78)90(57-27-41-66(42-28-57)117(132)133)86-50-74(96(92)112-86)104(125)141-9/h15-52,105,107,110,112H,10-14H2,1-9H3. The molecule has 0 spiro atoms. The van der Waals surface area contributed by atoms with E-state index in [1.165, 1.54) is 158 Å². The fourth-order valence-electron chi connectivity index (χ4n) is 17.4. The number of nitrogens with one attached hydrogen (secondary N) is 4. The highest BCUT2D eigenvalue weighted by atomic mass is 16.6. The van der Waals surface area contributed by atoms with E-state index < -0.39 is 67.4 Å². The summed E-state index contributed by atoms with van der Waals surface area (Å²) in [6.07, 6.45) is 10.2. The van der Waals surface area contributed by atoms with Crippen LogP contribution in [-0.2, 0) is 63.5 Å². The van der Waals surface area contributed by atoms with Gasteiger partial charge in [0.05, 0.1) is 189 Å². The van der Waals surface area contributed by atoms with E-state index in [4.69, 9.17) is 57.8 Å². The van der Waals surface area contributed by atoms with E-state index >= 15 is 19.2 Å². The number of carbonyl (C=O) groups excluding carboxylic acids is 8. The summed E-state index contributed by atoms with van der Waals surface area (Å²) in [5.74, 6) is -7.43. The topological polar surface area (TPSA) is 501 Å². The number of hydrogen-bond acceptors (Lipinski definition) is 29. The SMILES string of the molecule is CCCCCCc1ccc(N(c2ccc(-c3c4nc(c(-c5ccc([N+](=O)[O-])cc5)c5cc(C(=O)OC)c(cc6nc(c(-c7ccc([N+](=O)[O-])cc7)c7cc(C(=O)OC)c3[nH]7)C=C6C(=O)OC)[nH]5)C=C4C(=O)OC)cc2)c2ccc(-c3c4nc(c(-c5ccc([N+](=O)[O-])cc5)c5cc(C(=O)OC)c(cc6nc(c(-c7ccc([N+](=O)[O-])cc7)c7cc(C(=O)OC)c3[nH]7)C=C6C(=O)OC)[nH]5)C=C4C(=O)OC)cc2)cc1. The third-order valence-electron chi connectivity index (χ3n) is 24.2. The molecule has 0 aliphatic carbocycles. The van der Waals surface area contributed by atoms with Crippen LogP contribution in [0, 0.1) is 40.5 Å². The minimum absolute atomic E-state index is 0.00219. The molecule has 10 heterocycles. The molecule has 37 nitrogen and oxygen atoms in total. The first-order chi connectivity index (χ1) is 68.1. The quantitative estimate of drug-likeness (QED) is 0.0129. The lowest BCUT2D eigenvalue weighted by Gasteiger charge is -2.26.